The number of hydrogen-bond donors (Lipinski definition) is 1. The Bertz CT molecular complexity index is 496. The first-order valence-electron chi connectivity index (χ1n) is 6.30. The minimum Gasteiger partial charge on any atom is -0.311 e. The van der Waals surface area contributed by atoms with Crippen LogP contribution in [0, 0.1) is 0 Å². The molecule has 102 valence electrons. The van der Waals surface area contributed by atoms with Gasteiger partial charge < -0.3 is 5.32 Å². The van der Waals surface area contributed by atoms with Gasteiger partial charge in [0.2, 0.25) is 0 Å². The van der Waals surface area contributed by atoms with E-state index in [2.05, 4.69) is 22.6 Å². The van der Waals surface area contributed by atoms with Crippen LogP contribution in [0.2, 0.25) is 5.02 Å². The fraction of sp³-hybridized carbons (Fsp3) is 0.357. The molecular weight excluding hydrogens is 296 g/mol. The molecule has 1 aromatic carbocycles. The molecule has 19 heavy (non-hydrogen) atoms. The lowest BCUT2D eigenvalue weighted by Crippen LogP contribution is -2.13. The molecule has 0 fully saturated rings. The van der Waals surface area contributed by atoms with Gasteiger partial charge in [-0.25, -0.2) is 4.98 Å². The normalized spacial score (nSPS) is 10.8. The molecule has 0 saturated heterocycles. The van der Waals surface area contributed by atoms with Gasteiger partial charge in [-0.05, 0) is 37.2 Å². The summed E-state index contributed by atoms with van der Waals surface area (Å²) in [6.07, 6.45) is 1.16. The summed E-state index contributed by atoms with van der Waals surface area (Å²) in [6, 6.07) is 7.94. The first-order chi connectivity index (χ1) is 9.28. The molecule has 0 spiro atoms. The third-order valence-corrected chi connectivity index (χ3v) is 4.86. The van der Waals surface area contributed by atoms with E-state index in [0.717, 1.165) is 36.0 Å². The largest absolute Gasteiger partial charge is 0.311 e. The van der Waals surface area contributed by atoms with E-state index in [1.165, 1.54) is 9.90 Å². The number of nitrogens with one attached hydrogen (secondary N) is 1. The van der Waals surface area contributed by atoms with Crippen molar-refractivity contribution in [2.45, 2.75) is 30.5 Å². The van der Waals surface area contributed by atoms with Crippen molar-refractivity contribution >= 4 is 34.7 Å². The maximum Gasteiger partial charge on any atom is 0.103 e. The Kier molecular flexibility index (Phi) is 6.17. The predicted molar refractivity (Wildman–Crippen MR) is 85.1 cm³/mol. The topological polar surface area (TPSA) is 24.9 Å². The van der Waals surface area contributed by atoms with Gasteiger partial charge in [0.1, 0.15) is 5.01 Å². The molecular formula is C14H17ClN2S2. The zero-order chi connectivity index (χ0) is 13.5. The van der Waals surface area contributed by atoms with Crippen molar-refractivity contribution in [2.24, 2.45) is 0 Å². The monoisotopic (exact) mass is 312 g/mol. The van der Waals surface area contributed by atoms with E-state index in [-0.39, 0.29) is 0 Å². The molecule has 2 nitrogen and oxygen atoms in total. The fourth-order valence-corrected chi connectivity index (χ4v) is 3.40. The lowest BCUT2D eigenvalue weighted by atomic mass is 10.4. The second-order valence-corrected chi connectivity index (χ2v) is 6.58. The maximum atomic E-state index is 5.87. The smallest absolute Gasteiger partial charge is 0.103 e. The highest BCUT2D eigenvalue weighted by atomic mass is 35.5. The number of thioether (sulfide) groups is 1. The summed E-state index contributed by atoms with van der Waals surface area (Å²) in [5, 5.41) is 7.46. The fourth-order valence-electron chi connectivity index (χ4n) is 1.57. The van der Waals surface area contributed by atoms with Gasteiger partial charge in [0.05, 0.1) is 11.4 Å². The third kappa shape index (κ3) is 5.15. The van der Waals surface area contributed by atoms with E-state index in [9.17, 15) is 0 Å². The highest BCUT2D eigenvalue weighted by molar-refractivity contribution is 7.98. The van der Waals surface area contributed by atoms with Crippen LogP contribution in [0.25, 0.3) is 0 Å². The lowest BCUT2D eigenvalue weighted by molar-refractivity contribution is 0.666. The van der Waals surface area contributed by atoms with Crippen LogP contribution in [0.5, 0.6) is 0 Å². The van der Waals surface area contributed by atoms with Gasteiger partial charge >= 0.3 is 0 Å². The van der Waals surface area contributed by atoms with Crippen molar-refractivity contribution in [3.8, 4) is 0 Å². The van der Waals surface area contributed by atoms with Gasteiger partial charge in [-0.3, -0.25) is 0 Å². The number of benzene rings is 1. The molecule has 1 heterocycles. The quantitative estimate of drug-likeness (QED) is 0.598. The number of rotatable bonds is 7. The molecule has 1 aromatic heterocycles. The second-order valence-electron chi connectivity index (χ2n) is 4.15. The van der Waals surface area contributed by atoms with Crippen molar-refractivity contribution in [1.29, 1.82) is 0 Å². The molecule has 2 aromatic rings. The van der Waals surface area contributed by atoms with Gasteiger partial charge in [0, 0.05) is 21.8 Å². The van der Waals surface area contributed by atoms with Crippen LogP contribution in [0.3, 0.4) is 0 Å². The summed E-state index contributed by atoms with van der Waals surface area (Å²) in [5.41, 5.74) is 1.14. The molecule has 0 saturated carbocycles. The Morgan fingerprint density at radius 3 is 2.84 bits per heavy atom. The summed E-state index contributed by atoms with van der Waals surface area (Å²) in [4.78, 5) is 5.85. The lowest BCUT2D eigenvalue weighted by Gasteiger charge is -2.00. The zero-order valence-corrected chi connectivity index (χ0v) is 13.2. The molecule has 0 radical (unpaired) electrons. The summed E-state index contributed by atoms with van der Waals surface area (Å²) in [7, 11) is 0. The Morgan fingerprint density at radius 2 is 2.11 bits per heavy atom. The van der Waals surface area contributed by atoms with Crippen molar-refractivity contribution in [1.82, 2.24) is 10.3 Å². The molecule has 0 bridgehead atoms. The summed E-state index contributed by atoms with van der Waals surface area (Å²) in [6.45, 7) is 4.09. The average molecular weight is 313 g/mol. The van der Waals surface area contributed by atoms with E-state index < -0.39 is 0 Å². The van der Waals surface area contributed by atoms with Gasteiger partial charge in [-0.15, -0.1) is 23.1 Å². The zero-order valence-electron chi connectivity index (χ0n) is 10.9. The van der Waals surface area contributed by atoms with E-state index in [1.807, 2.05) is 24.3 Å². The van der Waals surface area contributed by atoms with Gasteiger partial charge in [-0.1, -0.05) is 18.5 Å². The van der Waals surface area contributed by atoms with Crippen LogP contribution < -0.4 is 5.32 Å². The van der Waals surface area contributed by atoms with Crippen LogP contribution in [0.1, 0.15) is 24.0 Å². The Hall–Kier alpha value is -0.550. The average Bonchev–Trinajstić information content (AvgIpc) is 2.86. The molecule has 0 aliphatic rings. The third-order valence-electron chi connectivity index (χ3n) is 2.51. The van der Waals surface area contributed by atoms with Crippen molar-refractivity contribution in [3.63, 3.8) is 0 Å². The number of hydrogen-bond acceptors (Lipinski definition) is 4. The van der Waals surface area contributed by atoms with Crippen LogP contribution in [-0.4, -0.2) is 11.5 Å². The van der Waals surface area contributed by atoms with Crippen LogP contribution >= 0.6 is 34.7 Å². The molecule has 1 N–H and O–H groups in total. The summed E-state index contributed by atoms with van der Waals surface area (Å²) < 4.78 is 0. The summed E-state index contributed by atoms with van der Waals surface area (Å²) in [5.74, 6) is 0.917. The van der Waals surface area contributed by atoms with Crippen molar-refractivity contribution in [2.75, 3.05) is 6.54 Å². The van der Waals surface area contributed by atoms with Crippen molar-refractivity contribution in [3.05, 3.63) is 45.4 Å². The minimum absolute atomic E-state index is 0.780. The minimum atomic E-state index is 0.780. The first-order valence-corrected chi connectivity index (χ1v) is 8.54. The SMILES string of the molecule is CCCNCc1csc(CSc2ccc(Cl)cc2)n1. The molecule has 5 heteroatoms. The number of aromatic nitrogens is 1. The Morgan fingerprint density at radius 1 is 1.32 bits per heavy atom. The predicted octanol–water partition coefficient (Wildman–Crippen LogP) is 4.59. The van der Waals surface area contributed by atoms with E-state index >= 15 is 0 Å². The second kappa shape index (κ2) is 7.90. The standard InChI is InChI=1S/C14H17ClN2S2/c1-2-7-16-8-12-9-19-14(17-12)10-18-13-5-3-11(15)4-6-13/h3-6,9,16H,2,7-8,10H2,1H3. The Balaban J connectivity index is 1.81. The van der Waals surface area contributed by atoms with Crippen LogP contribution in [-0.2, 0) is 12.3 Å². The molecule has 2 rings (SSSR count). The molecule has 0 aliphatic heterocycles. The van der Waals surface area contributed by atoms with Gasteiger partial charge in [0.25, 0.3) is 0 Å². The van der Waals surface area contributed by atoms with E-state index in [4.69, 9.17) is 11.6 Å². The molecule has 0 atom stereocenters. The highest BCUT2D eigenvalue weighted by Crippen LogP contribution is 2.25. The van der Waals surface area contributed by atoms with E-state index in [0.29, 0.717) is 0 Å². The molecule has 0 aliphatic carbocycles. The Labute approximate surface area is 127 Å². The number of nitrogens with zero attached hydrogens (tertiary/aromatic N) is 1. The van der Waals surface area contributed by atoms with Crippen LogP contribution in [0.4, 0.5) is 0 Å². The highest BCUT2D eigenvalue weighted by Gasteiger charge is 2.03. The first kappa shape index (κ1) is 14.9. The van der Waals surface area contributed by atoms with E-state index in [1.54, 1.807) is 23.1 Å². The van der Waals surface area contributed by atoms with Gasteiger partial charge in [0.15, 0.2) is 0 Å². The van der Waals surface area contributed by atoms with Gasteiger partial charge in [-0.2, -0.15) is 0 Å². The number of halogens is 1. The molecule has 0 unspecified atom stereocenters. The summed E-state index contributed by atoms with van der Waals surface area (Å²) >= 11 is 9.39. The number of thiazole rings is 1. The van der Waals surface area contributed by atoms with Crippen molar-refractivity contribution < 1.29 is 0 Å². The van der Waals surface area contributed by atoms with Crippen LogP contribution in [0.15, 0.2) is 34.5 Å². The maximum absolute atomic E-state index is 5.87. The molecule has 0 amide bonds.